The number of hydrogen-bond acceptors (Lipinski definition) is 7. The van der Waals surface area contributed by atoms with E-state index in [-0.39, 0.29) is 12.1 Å². The highest BCUT2D eigenvalue weighted by molar-refractivity contribution is 7.22. The first kappa shape index (κ1) is 21.7. The van der Waals surface area contributed by atoms with E-state index in [1.165, 1.54) is 40.4 Å². The van der Waals surface area contributed by atoms with Crippen molar-refractivity contribution in [3.05, 3.63) is 82.2 Å². The number of hydrogen-bond donors (Lipinski definition) is 1. The van der Waals surface area contributed by atoms with Gasteiger partial charge in [-0.15, -0.1) is 11.3 Å². The summed E-state index contributed by atoms with van der Waals surface area (Å²) in [6, 6.07) is 13.3. The minimum atomic E-state index is -0.471. The second-order valence-electron chi connectivity index (χ2n) is 7.71. The Balaban J connectivity index is 1.45. The average molecular weight is 476 g/mol. The maximum Gasteiger partial charge on any atom is 0.268 e. The van der Waals surface area contributed by atoms with Gasteiger partial charge in [-0.3, -0.25) is 14.2 Å². The molecule has 0 bridgehead atoms. The van der Waals surface area contributed by atoms with Gasteiger partial charge in [-0.05, 0) is 43.2 Å². The standard InChI is InChI=1S/C24H18FN5O3S/c1-13-6-3-4-9-17(13)21-28-22(33-29-21)20-14(2)19-23(34-20)26-12-30(24(19)32)11-18(31)27-16-8-5-7-15(25)10-16/h3-10,12H,11H2,1-2H3,(H,27,31). The molecule has 0 spiro atoms. The SMILES string of the molecule is Cc1ccccc1-c1noc(-c2sc3ncn(CC(=O)Nc4cccc(F)c4)c(=O)c3c2C)n1. The van der Waals surface area contributed by atoms with Crippen LogP contribution in [0.2, 0.25) is 0 Å². The monoisotopic (exact) mass is 475 g/mol. The molecule has 34 heavy (non-hydrogen) atoms. The Morgan fingerprint density at radius 3 is 2.79 bits per heavy atom. The normalized spacial score (nSPS) is 11.1. The smallest absolute Gasteiger partial charge is 0.268 e. The van der Waals surface area contributed by atoms with E-state index in [0.29, 0.717) is 38.1 Å². The van der Waals surface area contributed by atoms with Gasteiger partial charge in [-0.25, -0.2) is 9.37 Å². The fourth-order valence-corrected chi connectivity index (χ4v) is 4.71. The number of amides is 1. The molecule has 170 valence electrons. The number of aromatic nitrogens is 4. The van der Waals surface area contributed by atoms with Gasteiger partial charge in [0.1, 0.15) is 17.2 Å². The third-order valence-corrected chi connectivity index (χ3v) is 6.53. The summed E-state index contributed by atoms with van der Waals surface area (Å²) in [5.41, 5.74) is 2.47. The van der Waals surface area contributed by atoms with Crippen molar-refractivity contribution < 1.29 is 13.7 Å². The molecule has 2 aromatic carbocycles. The van der Waals surface area contributed by atoms with Crippen LogP contribution in [0.15, 0.2) is 64.2 Å². The van der Waals surface area contributed by atoms with Crippen molar-refractivity contribution in [1.82, 2.24) is 19.7 Å². The van der Waals surface area contributed by atoms with E-state index in [9.17, 15) is 14.0 Å². The lowest BCUT2D eigenvalue weighted by atomic mass is 10.1. The second kappa shape index (κ2) is 8.64. The Morgan fingerprint density at radius 2 is 2.00 bits per heavy atom. The molecule has 5 aromatic rings. The Morgan fingerprint density at radius 1 is 1.18 bits per heavy atom. The van der Waals surface area contributed by atoms with Crippen molar-refractivity contribution in [2.45, 2.75) is 20.4 Å². The highest BCUT2D eigenvalue weighted by Gasteiger charge is 2.21. The zero-order valence-corrected chi connectivity index (χ0v) is 19.0. The minimum absolute atomic E-state index is 0.263. The van der Waals surface area contributed by atoms with E-state index >= 15 is 0 Å². The molecule has 0 radical (unpaired) electrons. The van der Waals surface area contributed by atoms with Gasteiger partial charge in [0, 0.05) is 11.3 Å². The largest absolute Gasteiger partial charge is 0.333 e. The maximum absolute atomic E-state index is 13.4. The van der Waals surface area contributed by atoms with Crippen LogP contribution in [0.5, 0.6) is 0 Å². The molecule has 1 N–H and O–H groups in total. The number of nitrogens with zero attached hydrogens (tertiary/aromatic N) is 4. The highest BCUT2D eigenvalue weighted by Crippen LogP contribution is 2.35. The third-order valence-electron chi connectivity index (χ3n) is 5.35. The molecule has 8 nitrogen and oxygen atoms in total. The number of halogens is 1. The van der Waals surface area contributed by atoms with Crippen molar-refractivity contribution >= 4 is 33.1 Å². The second-order valence-corrected chi connectivity index (χ2v) is 8.71. The summed E-state index contributed by atoms with van der Waals surface area (Å²) < 4.78 is 20.1. The van der Waals surface area contributed by atoms with E-state index in [0.717, 1.165) is 11.1 Å². The number of thiophene rings is 1. The van der Waals surface area contributed by atoms with Crippen LogP contribution < -0.4 is 10.9 Å². The molecule has 0 aliphatic heterocycles. The molecule has 1 amide bonds. The summed E-state index contributed by atoms with van der Waals surface area (Å²) >= 11 is 1.27. The van der Waals surface area contributed by atoms with Gasteiger partial charge in [0.2, 0.25) is 11.7 Å². The molecule has 0 saturated heterocycles. The molecule has 3 aromatic heterocycles. The molecule has 0 unspecified atom stereocenters. The molecule has 0 aliphatic rings. The Hall–Kier alpha value is -4.18. The number of fused-ring (bicyclic) bond motifs is 1. The molecule has 0 saturated carbocycles. The molecule has 0 atom stereocenters. The number of aryl methyl sites for hydroxylation is 2. The fourth-order valence-electron chi connectivity index (χ4n) is 3.65. The van der Waals surface area contributed by atoms with Crippen molar-refractivity contribution in [3.63, 3.8) is 0 Å². The van der Waals surface area contributed by atoms with E-state index < -0.39 is 11.7 Å². The van der Waals surface area contributed by atoms with Crippen LogP contribution in [0, 0.1) is 19.7 Å². The predicted octanol–water partition coefficient (Wildman–Crippen LogP) is 4.57. The molecular weight excluding hydrogens is 457 g/mol. The fraction of sp³-hybridized carbons (Fsp3) is 0.125. The number of nitrogens with one attached hydrogen (secondary N) is 1. The van der Waals surface area contributed by atoms with E-state index in [2.05, 4.69) is 20.4 Å². The molecule has 0 aliphatic carbocycles. The summed E-state index contributed by atoms with van der Waals surface area (Å²) in [5.74, 6) is -0.175. The predicted molar refractivity (Wildman–Crippen MR) is 127 cm³/mol. The Labute approximate surface area is 196 Å². The molecule has 3 heterocycles. The van der Waals surface area contributed by atoms with Gasteiger partial charge in [0.05, 0.1) is 16.6 Å². The van der Waals surface area contributed by atoms with E-state index in [1.807, 2.05) is 31.2 Å². The number of anilines is 1. The first-order valence-corrected chi connectivity index (χ1v) is 11.2. The summed E-state index contributed by atoms with van der Waals surface area (Å²) in [7, 11) is 0. The third kappa shape index (κ3) is 3.99. The van der Waals surface area contributed by atoms with Gasteiger partial charge >= 0.3 is 0 Å². The number of carbonyl (C=O) groups is 1. The zero-order valence-electron chi connectivity index (χ0n) is 18.2. The van der Waals surface area contributed by atoms with Crippen LogP contribution in [0.1, 0.15) is 11.1 Å². The van der Waals surface area contributed by atoms with Crippen molar-refractivity contribution in [2.24, 2.45) is 0 Å². The summed E-state index contributed by atoms with van der Waals surface area (Å²) in [4.78, 5) is 35.6. The van der Waals surface area contributed by atoms with Crippen molar-refractivity contribution in [3.8, 4) is 22.2 Å². The van der Waals surface area contributed by atoms with Gasteiger partial charge in [0.15, 0.2) is 0 Å². The van der Waals surface area contributed by atoms with Gasteiger partial charge in [-0.1, -0.05) is 35.5 Å². The lowest BCUT2D eigenvalue weighted by Crippen LogP contribution is -2.27. The number of benzene rings is 2. The topological polar surface area (TPSA) is 103 Å². The van der Waals surface area contributed by atoms with Crippen molar-refractivity contribution in [1.29, 1.82) is 0 Å². The average Bonchev–Trinajstić information content (AvgIpc) is 3.41. The summed E-state index contributed by atoms with van der Waals surface area (Å²) in [5, 5.41) is 7.06. The van der Waals surface area contributed by atoms with Crippen LogP contribution in [0.3, 0.4) is 0 Å². The van der Waals surface area contributed by atoms with E-state index in [4.69, 9.17) is 4.52 Å². The minimum Gasteiger partial charge on any atom is -0.333 e. The number of rotatable bonds is 5. The van der Waals surface area contributed by atoms with Gasteiger partial charge in [0.25, 0.3) is 11.4 Å². The van der Waals surface area contributed by atoms with Gasteiger partial charge in [-0.2, -0.15) is 4.98 Å². The van der Waals surface area contributed by atoms with E-state index in [1.54, 1.807) is 13.0 Å². The lowest BCUT2D eigenvalue weighted by molar-refractivity contribution is -0.116. The van der Waals surface area contributed by atoms with Crippen molar-refractivity contribution in [2.75, 3.05) is 5.32 Å². The maximum atomic E-state index is 13.4. The molecular formula is C24H18FN5O3S. The molecule has 10 heteroatoms. The number of carbonyl (C=O) groups excluding carboxylic acids is 1. The van der Waals surface area contributed by atoms with Crippen LogP contribution in [0.25, 0.3) is 32.4 Å². The molecule has 0 fully saturated rings. The summed E-state index contributed by atoms with van der Waals surface area (Å²) in [6.07, 6.45) is 1.32. The van der Waals surface area contributed by atoms with Crippen LogP contribution in [-0.4, -0.2) is 25.6 Å². The van der Waals surface area contributed by atoms with Gasteiger partial charge < -0.3 is 9.84 Å². The lowest BCUT2D eigenvalue weighted by Gasteiger charge is -2.07. The quantitative estimate of drug-likeness (QED) is 0.399. The Kier molecular flexibility index (Phi) is 5.50. The first-order valence-electron chi connectivity index (χ1n) is 10.3. The van der Waals surface area contributed by atoms with Crippen LogP contribution in [0.4, 0.5) is 10.1 Å². The molecule has 5 rings (SSSR count). The van der Waals surface area contributed by atoms with Crippen LogP contribution in [-0.2, 0) is 11.3 Å². The Bertz CT molecular complexity index is 1600. The first-order chi connectivity index (χ1) is 16.4. The van der Waals surface area contributed by atoms with Crippen LogP contribution >= 0.6 is 11.3 Å². The summed E-state index contributed by atoms with van der Waals surface area (Å²) in [6.45, 7) is 3.49. The zero-order chi connectivity index (χ0) is 23.8. The highest BCUT2D eigenvalue weighted by atomic mass is 32.1.